The highest BCUT2D eigenvalue weighted by atomic mass is 35.5. The van der Waals surface area contributed by atoms with Crippen molar-refractivity contribution in [1.29, 1.82) is 0 Å². The lowest BCUT2D eigenvalue weighted by Crippen LogP contribution is -2.08. The Kier molecular flexibility index (Phi) is 3.59. The lowest BCUT2D eigenvalue weighted by Gasteiger charge is -2.09. The van der Waals surface area contributed by atoms with Crippen molar-refractivity contribution in [2.45, 2.75) is 12.1 Å². The van der Waals surface area contributed by atoms with E-state index in [0.717, 1.165) is 17.4 Å². The fraction of sp³-hybridized carbons (Fsp3) is 0.182. The first-order chi connectivity index (χ1) is 8.43. The fourth-order valence-corrected chi connectivity index (χ4v) is 2.42. The highest BCUT2D eigenvalue weighted by Crippen LogP contribution is 2.36. The minimum absolute atomic E-state index is 0.161. The van der Waals surface area contributed by atoms with Crippen molar-refractivity contribution in [3.63, 3.8) is 0 Å². The molecule has 0 aliphatic carbocycles. The number of benzene rings is 1. The van der Waals surface area contributed by atoms with Crippen molar-refractivity contribution in [3.8, 4) is 10.6 Å². The predicted octanol–water partition coefficient (Wildman–Crippen LogP) is 4.71. The van der Waals surface area contributed by atoms with Crippen LogP contribution in [0.4, 0.5) is 17.6 Å². The van der Waals surface area contributed by atoms with E-state index in [1.54, 1.807) is 0 Å². The van der Waals surface area contributed by atoms with E-state index in [9.17, 15) is 17.6 Å². The number of rotatable bonds is 2. The Bertz CT molecular complexity index is 564. The number of nitrogens with zero attached hydrogens (tertiary/aromatic N) is 1. The monoisotopic (exact) mass is 295 g/mol. The molecule has 7 heteroatoms. The first kappa shape index (κ1) is 13.3. The Morgan fingerprint density at radius 2 is 2.00 bits per heavy atom. The van der Waals surface area contributed by atoms with Gasteiger partial charge in [0.2, 0.25) is 0 Å². The number of thiazole rings is 1. The second-order valence-electron chi connectivity index (χ2n) is 3.43. The number of aromatic nitrogens is 1. The zero-order valence-corrected chi connectivity index (χ0v) is 10.3. The molecule has 96 valence electrons. The Morgan fingerprint density at radius 3 is 2.56 bits per heavy atom. The van der Waals surface area contributed by atoms with Crippen LogP contribution in [0.1, 0.15) is 10.4 Å². The van der Waals surface area contributed by atoms with Crippen LogP contribution in [0.5, 0.6) is 0 Å². The third-order valence-corrected chi connectivity index (χ3v) is 3.70. The second-order valence-corrected chi connectivity index (χ2v) is 4.81. The zero-order valence-electron chi connectivity index (χ0n) is 8.76. The lowest BCUT2D eigenvalue weighted by molar-refractivity contribution is -0.139. The third-order valence-electron chi connectivity index (χ3n) is 2.22. The summed E-state index contributed by atoms with van der Waals surface area (Å²) in [7, 11) is 0. The van der Waals surface area contributed by atoms with Gasteiger partial charge >= 0.3 is 6.18 Å². The van der Waals surface area contributed by atoms with E-state index < -0.39 is 17.6 Å². The Labute approximate surface area is 109 Å². The molecule has 2 rings (SSSR count). The smallest absolute Gasteiger partial charge is 0.244 e. The van der Waals surface area contributed by atoms with Crippen LogP contribution in [0.2, 0.25) is 0 Å². The summed E-state index contributed by atoms with van der Waals surface area (Å²) in [6, 6.07) is 3.12. The van der Waals surface area contributed by atoms with E-state index >= 15 is 0 Å². The molecule has 1 aromatic heterocycles. The summed E-state index contributed by atoms with van der Waals surface area (Å²) in [4.78, 5) is 4.54. The predicted molar refractivity (Wildman–Crippen MR) is 62.1 cm³/mol. The average molecular weight is 296 g/mol. The topological polar surface area (TPSA) is 12.9 Å². The second kappa shape index (κ2) is 4.85. The zero-order chi connectivity index (χ0) is 13.3. The Balaban J connectivity index is 2.52. The summed E-state index contributed by atoms with van der Waals surface area (Å²) in [6.45, 7) is 0. The molecule has 1 heterocycles. The SMILES string of the molecule is Fc1c(-c2ncc(CCl)s2)cccc1C(F)(F)F. The first-order valence-electron chi connectivity index (χ1n) is 4.80. The molecule has 2 aromatic rings. The summed E-state index contributed by atoms with van der Waals surface area (Å²) >= 11 is 6.64. The van der Waals surface area contributed by atoms with Crippen molar-refractivity contribution in [2.75, 3.05) is 0 Å². The standard InChI is InChI=1S/C11H6ClF4NS/c12-4-6-5-17-10(18-6)7-2-1-3-8(9(7)13)11(14,15)16/h1-3,5H,4H2. The fourth-order valence-electron chi connectivity index (χ4n) is 1.41. The molecule has 0 atom stereocenters. The quantitative estimate of drug-likeness (QED) is 0.578. The molecule has 18 heavy (non-hydrogen) atoms. The molecule has 0 saturated carbocycles. The molecular weight excluding hydrogens is 290 g/mol. The summed E-state index contributed by atoms with van der Waals surface area (Å²) in [5.74, 6) is -1.11. The van der Waals surface area contributed by atoms with Gasteiger partial charge in [-0.15, -0.1) is 22.9 Å². The van der Waals surface area contributed by atoms with Crippen LogP contribution in [-0.2, 0) is 12.1 Å². The third kappa shape index (κ3) is 2.49. The van der Waals surface area contributed by atoms with Gasteiger partial charge in [0.05, 0.1) is 11.4 Å². The number of halogens is 5. The van der Waals surface area contributed by atoms with Crippen molar-refractivity contribution < 1.29 is 17.6 Å². The molecule has 0 spiro atoms. The molecule has 0 bridgehead atoms. The number of alkyl halides is 4. The van der Waals surface area contributed by atoms with E-state index in [-0.39, 0.29) is 16.5 Å². The van der Waals surface area contributed by atoms with Gasteiger partial charge in [-0.25, -0.2) is 9.37 Å². The highest BCUT2D eigenvalue weighted by molar-refractivity contribution is 7.15. The van der Waals surface area contributed by atoms with Crippen LogP contribution in [-0.4, -0.2) is 4.98 Å². The summed E-state index contributed by atoms with van der Waals surface area (Å²) in [5, 5.41) is 0.189. The lowest BCUT2D eigenvalue weighted by atomic mass is 10.1. The number of hydrogen-bond donors (Lipinski definition) is 0. The molecule has 0 N–H and O–H groups in total. The van der Waals surface area contributed by atoms with Gasteiger partial charge in [-0.2, -0.15) is 13.2 Å². The van der Waals surface area contributed by atoms with Crippen molar-refractivity contribution in [1.82, 2.24) is 4.98 Å². The van der Waals surface area contributed by atoms with Gasteiger partial charge in [0.15, 0.2) is 0 Å². The molecule has 0 radical (unpaired) electrons. The summed E-state index contributed by atoms with van der Waals surface area (Å²) < 4.78 is 51.4. The van der Waals surface area contributed by atoms with Gasteiger partial charge in [0, 0.05) is 16.6 Å². The number of hydrogen-bond acceptors (Lipinski definition) is 2. The molecule has 1 nitrogen and oxygen atoms in total. The normalized spacial score (nSPS) is 11.8. The van der Waals surface area contributed by atoms with Crippen LogP contribution >= 0.6 is 22.9 Å². The van der Waals surface area contributed by atoms with Crippen LogP contribution < -0.4 is 0 Å². The van der Waals surface area contributed by atoms with Crippen molar-refractivity contribution >= 4 is 22.9 Å². The van der Waals surface area contributed by atoms with Crippen LogP contribution in [0.25, 0.3) is 10.6 Å². The van der Waals surface area contributed by atoms with E-state index in [1.165, 1.54) is 12.3 Å². The minimum Gasteiger partial charge on any atom is -0.244 e. The van der Waals surface area contributed by atoms with Gasteiger partial charge in [-0.3, -0.25) is 0 Å². The maximum Gasteiger partial charge on any atom is 0.419 e. The minimum atomic E-state index is -4.72. The molecule has 0 aliphatic heterocycles. The summed E-state index contributed by atoms with van der Waals surface area (Å²) in [5.41, 5.74) is -1.45. The summed E-state index contributed by atoms with van der Waals surface area (Å²) in [6.07, 6.45) is -3.29. The van der Waals surface area contributed by atoms with Gasteiger partial charge in [0.1, 0.15) is 10.8 Å². The maximum absolute atomic E-state index is 13.8. The van der Waals surface area contributed by atoms with Crippen LogP contribution in [0.15, 0.2) is 24.4 Å². The van der Waals surface area contributed by atoms with E-state index in [1.807, 2.05) is 0 Å². The van der Waals surface area contributed by atoms with Crippen molar-refractivity contribution in [2.24, 2.45) is 0 Å². The maximum atomic E-state index is 13.8. The van der Waals surface area contributed by atoms with Gasteiger partial charge in [0.25, 0.3) is 0 Å². The molecule has 1 aromatic carbocycles. The largest absolute Gasteiger partial charge is 0.419 e. The van der Waals surface area contributed by atoms with Gasteiger partial charge in [-0.05, 0) is 12.1 Å². The molecule has 0 fully saturated rings. The highest BCUT2D eigenvalue weighted by Gasteiger charge is 2.35. The van der Waals surface area contributed by atoms with Crippen molar-refractivity contribution in [3.05, 3.63) is 40.7 Å². The molecule has 0 amide bonds. The van der Waals surface area contributed by atoms with E-state index in [0.29, 0.717) is 10.9 Å². The Morgan fingerprint density at radius 1 is 1.28 bits per heavy atom. The molecule has 0 unspecified atom stereocenters. The molecule has 0 saturated heterocycles. The van der Waals surface area contributed by atoms with Gasteiger partial charge in [-0.1, -0.05) is 6.07 Å². The first-order valence-corrected chi connectivity index (χ1v) is 6.15. The molecule has 0 aliphatic rings. The molecular formula is C11H6ClF4NS. The van der Waals surface area contributed by atoms with Crippen LogP contribution in [0, 0.1) is 5.82 Å². The Hall–Kier alpha value is -1.14. The van der Waals surface area contributed by atoms with Crippen LogP contribution in [0.3, 0.4) is 0 Å². The average Bonchev–Trinajstić information content (AvgIpc) is 2.76. The van der Waals surface area contributed by atoms with Gasteiger partial charge < -0.3 is 0 Å². The van der Waals surface area contributed by atoms with E-state index in [2.05, 4.69) is 4.98 Å². The van der Waals surface area contributed by atoms with E-state index in [4.69, 9.17) is 11.6 Å².